The van der Waals surface area contributed by atoms with Crippen LogP contribution in [0.2, 0.25) is 0 Å². The standard InChI is InChI=1S/C20H17N3O2S/c24-20(21-19-23-22-18(26-19)12-9-10-12)25-11-17-15-7-3-1-5-13(15)14-6-2-4-8-16(14)17/h1-8,12,17H,9-11H2,(H,21,23,24). The minimum atomic E-state index is -0.481. The lowest BCUT2D eigenvalue weighted by Crippen LogP contribution is -2.17. The second-order valence-corrected chi connectivity index (χ2v) is 7.68. The summed E-state index contributed by atoms with van der Waals surface area (Å²) in [7, 11) is 0. The molecule has 0 spiro atoms. The van der Waals surface area contributed by atoms with Gasteiger partial charge >= 0.3 is 6.09 Å². The van der Waals surface area contributed by atoms with E-state index in [1.807, 2.05) is 24.3 Å². The average molecular weight is 363 g/mol. The highest BCUT2D eigenvalue weighted by molar-refractivity contribution is 7.15. The number of hydrogen-bond donors (Lipinski definition) is 1. The highest BCUT2D eigenvalue weighted by atomic mass is 32.1. The van der Waals surface area contributed by atoms with E-state index in [0.717, 1.165) is 5.01 Å². The van der Waals surface area contributed by atoms with Crippen LogP contribution >= 0.6 is 11.3 Å². The van der Waals surface area contributed by atoms with E-state index in [1.54, 1.807) is 0 Å². The minimum absolute atomic E-state index is 0.0598. The lowest BCUT2D eigenvalue weighted by Gasteiger charge is -2.13. The molecular formula is C20H17N3O2S. The van der Waals surface area contributed by atoms with Crippen molar-refractivity contribution in [3.05, 3.63) is 64.7 Å². The van der Waals surface area contributed by atoms with Crippen LogP contribution in [-0.4, -0.2) is 22.9 Å². The van der Waals surface area contributed by atoms with Crippen molar-refractivity contribution in [3.8, 4) is 11.1 Å². The zero-order chi connectivity index (χ0) is 17.5. The predicted octanol–water partition coefficient (Wildman–Crippen LogP) is 4.78. The molecule has 5 rings (SSSR count). The van der Waals surface area contributed by atoms with Crippen molar-refractivity contribution < 1.29 is 9.53 Å². The molecule has 1 N–H and O–H groups in total. The smallest absolute Gasteiger partial charge is 0.413 e. The molecule has 1 aromatic heterocycles. The lowest BCUT2D eigenvalue weighted by atomic mass is 9.98. The minimum Gasteiger partial charge on any atom is -0.448 e. The lowest BCUT2D eigenvalue weighted by molar-refractivity contribution is 0.158. The highest BCUT2D eigenvalue weighted by Gasteiger charge is 2.30. The Kier molecular flexibility index (Phi) is 3.71. The van der Waals surface area contributed by atoms with E-state index in [9.17, 15) is 4.79 Å². The number of ether oxygens (including phenoxy) is 1. The number of hydrogen-bond acceptors (Lipinski definition) is 5. The van der Waals surface area contributed by atoms with Crippen LogP contribution in [0.25, 0.3) is 11.1 Å². The number of aromatic nitrogens is 2. The summed E-state index contributed by atoms with van der Waals surface area (Å²) >= 11 is 1.43. The van der Waals surface area contributed by atoms with Crippen molar-refractivity contribution in [1.29, 1.82) is 0 Å². The van der Waals surface area contributed by atoms with E-state index < -0.39 is 6.09 Å². The Balaban J connectivity index is 1.29. The van der Waals surface area contributed by atoms with Gasteiger partial charge in [-0.15, -0.1) is 10.2 Å². The summed E-state index contributed by atoms with van der Waals surface area (Å²) in [6.45, 7) is 0.300. The molecule has 0 radical (unpaired) electrons. The van der Waals surface area contributed by atoms with Gasteiger partial charge in [-0.1, -0.05) is 59.9 Å². The van der Waals surface area contributed by atoms with Crippen LogP contribution in [0.3, 0.4) is 0 Å². The Bertz CT molecular complexity index is 935. The molecule has 0 saturated heterocycles. The quantitative estimate of drug-likeness (QED) is 0.725. The van der Waals surface area contributed by atoms with Gasteiger partial charge in [-0.25, -0.2) is 4.79 Å². The molecule has 1 heterocycles. The third-order valence-corrected chi connectivity index (χ3v) is 5.92. The van der Waals surface area contributed by atoms with Crippen molar-refractivity contribution in [2.45, 2.75) is 24.7 Å². The largest absolute Gasteiger partial charge is 0.448 e. The van der Waals surface area contributed by atoms with E-state index in [0.29, 0.717) is 17.7 Å². The molecule has 3 aromatic rings. The number of carbonyl (C=O) groups is 1. The molecule has 5 nitrogen and oxygen atoms in total. The number of nitrogens with one attached hydrogen (secondary N) is 1. The molecule has 0 atom stereocenters. The summed E-state index contributed by atoms with van der Waals surface area (Å²) < 4.78 is 5.52. The van der Waals surface area contributed by atoms with Gasteiger partial charge in [-0.2, -0.15) is 0 Å². The summed E-state index contributed by atoms with van der Waals surface area (Å²) in [6.07, 6.45) is 1.85. The molecule has 6 heteroatoms. The summed E-state index contributed by atoms with van der Waals surface area (Å²) in [4.78, 5) is 12.2. The molecule has 1 fully saturated rings. The molecule has 26 heavy (non-hydrogen) atoms. The molecule has 1 amide bonds. The molecule has 2 aliphatic rings. The Labute approximate surface area is 155 Å². The van der Waals surface area contributed by atoms with Crippen molar-refractivity contribution in [2.75, 3.05) is 11.9 Å². The van der Waals surface area contributed by atoms with Crippen LogP contribution < -0.4 is 5.32 Å². The van der Waals surface area contributed by atoms with Gasteiger partial charge < -0.3 is 4.74 Å². The maximum absolute atomic E-state index is 12.2. The number of carbonyl (C=O) groups excluding carboxylic acids is 1. The fraction of sp³-hybridized carbons (Fsp3) is 0.250. The second-order valence-electron chi connectivity index (χ2n) is 6.67. The van der Waals surface area contributed by atoms with Gasteiger partial charge in [0, 0.05) is 11.8 Å². The van der Waals surface area contributed by atoms with Crippen molar-refractivity contribution in [3.63, 3.8) is 0 Å². The van der Waals surface area contributed by atoms with Crippen LogP contribution in [-0.2, 0) is 4.74 Å². The van der Waals surface area contributed by atoms with Crippen LogP contribution in [0.5, 0.6) is 0 Å². The van der Waals surface area contributed by atoms with E-state index in [1.165, 1.54) is 46.4 Å². The number of rotatable bonds is 4. The van der Waals surface area contributed by atoms with Gasteiger partial charge in [-0.3, -0.25) is 5.32 Å². The summed E-state index contributed by atoms with van der Waals surface area (Å²) in [5.41, 5.74) is 4.84. The summed E-state index contributed by atoms with van der Waals surface area (Å²) in [5, 5.41) is 12.4. The molecular weight excluding hydrogens is 346 g/mol. The van der Waals surface area contributed by atoms with Crippen LogP contribution in [0, 0.1) is 0 Å². The number of anilines is 1. The number of fused-ring (bicyclic) bond motifs is 3. The monoisotopic (exact) mass is 363 g/mol. The Morgan fingerprint density at radius 1 is 1.04 bits per heavy atom. The molecule has 0 aliphatic heterocycles. The predicted molar refractivity (Wildman–Crippen MR) is 101 cm³/mol. The fourth-order valence-corrected chi connectivity index (χ4v) is 4.40. The Morgan fingerprint density at radius 2 is 1.69 bits per heavy atom. The van der Waals surface area contributed by atoms with Gasteiger partial charge in [-0.05, 0) is 35.1 Å². The topological polar surface area (TPSA) is 64.1 Å². The molecule has 2 aliphatic carbocycles. The fourth-order valence-electron chi connectivity index (χ4n) is 3.50. The molecule has 0 unspecified atom stereocenters. The van der Waals surface area contributed by atoms with Gasteiger partial charge in [0.1, 0.15) is 11.6 Å². The van der Waals surface area contributed by atoms with Crippen molar-refractivity contribution in [1.82, 2.24) is 10.2 Å². The Morgan fingerprint density at radius 3 is 2.35 bits per heavy atom. The van der Waals surface area contributed by atoms with Gasteiger partial charge in [0.05, 0.1) is 0 Å². The normalized spacial score (nSPS) is 15.4. The van der Waals surface area contributed by atoms with E-state index in [4.69, 9.17) is 4.74 Å². The maximum atomic E-state index is 12.2. The molecule has 130 valence electrons. The first-order chi connectivity index (χ1) is 12.8. The average Bonchev–Trinajstić information content (AvgIpc) is 3.33. The zero-order valence-corrected chi connectivity index (χ0v) is 14.8. The highest BCUT2D eigenvalue weighted by Crippen LogP contribution is 2.44. The first-order valence-electron chi connectivity index (χ1n) is 8.75. The van der Waals surface area contributed by atoms with Gasteiger partial charge in [0.15, 0.2) is 0 Å². The second kappa shape index (κ2) is 6.21. The first kappa shape index (κ1) is 15.5. The molecule has 1 saturated carbocycles. The first-order valence-corrected chi connectivity index (χ1v) is 9.56. The van der Waals surface area contributed by atoms with Crippen molar-refractivity contribution >= 4 is 22.6 Å². The SMILES string of the molecule is O=C(Nc1nnc(C2CC2)s1)OCC1c2ccccc2-c2ccccc21. The number of nitrogens with zero attached hydrogens (tertiary/aromatic N) is 2. The van der Waals surface area contributed by atoms with E-state index in [2.05, 4.69) is 39.8 Å². The molecule has 2 aromatic carbocycles. The van der Waals surface area contributed by atoms with E-state index >= 15 is 0 Å². The van der Waals surface area contributed by atoms with E-state index in [-0.39, 0.29) is 5.92 Å². The third-order valence-electron chi connectivity index (χ3n) is 4.92. The van der Waals surface area contributed by atoms with Crippen LogP contribution in [0.15, 0.2) is 48.5 Å². The summed E-state index contributed by atoms with van der Waals surface area (Å²) in [5.74, 6) is 0.593. The summed E-state index contributed by atoms with van der Waals surface area (Å²) in [6, 6.07) is 16.6. The maximum Gasteiger partial charge on any atom is 0.413 e. The zero-order valence-electron chi connectivity index (χ0n) is 14.0. The van der Waals surface area contributed by atoms with Crippen LogP contribution in [0.1, 0.15) is 40.8 Å². The number of benzene rings is 2. The number of amides is 1. The Hall–Kier alpha value is -2.73. The van der Waals surface area contributed by atoms with Gasteiger partial charge in [0.25, 0.3) is 0 Å². The van der Waals surface area contributed by atoms with Crippen LogP contribution in [0.4, 0.5) is 9.93 Å². The van der Waals surface area contributed by atoms with Gasteiger partial charge in [0.2, 0.25) is 5.13 Å². The molecule has 0 bridgehead atoms. The third kappa shape index (κ3) is 2.76. The van der Waals surface area contributed by atoms with Crippen molar-refractivity contribution in [2.24, 2.45) is 0 Å².